The van der Waals surface area contributed by atoms with E-state index in [0.717, 1.165) is 57.8 Å². The van der Waals surface area contributed by atoms with Crippen LogP contribution < -0.4 is 0 Å². The molecule has 2 saturated heterocycles. The third-order valence-electron chi connectivity index (χ3n) is 7.96. The lowest BCUT2D eigenvalue weighted by atomic mass is 9.97. The van der Waals surface area contributed by atoms with Crippen LogP contribution in [0.3, 0.4) is 0 Å². The summed E-state index contributed by atoms with van der Waals surface area (Å²) in [6, 6.07) is 0. The number of aliphatic carboxylic acids is 1. The highest BCUT2D eigenvalue weighted by Crippen LogP contribution is 2.29. The molecule has 0 saturated carbocycles. The molecule has 2 heterocycles. The van der Waals surface area contributed by atoms with Gasteiger partial charge >= 0.3 is 5.97 Å². The Hall–Kier alpha value is -1.05. The van der Waals surface area contributed by atoms with Crippen LogP contribution in [0, 0.1) is 0 Å². The molecule has 0 amide bonds. The number of hydrogen-bond donors (Lipinski definition) is 10. The Morgan fingerprint density at radius 2 is 1.12 bits per heavy atom. The normalized spacial score (nSPS) is 34.6. The third kappa shape index (κ3) is 12.3. The number of carboxylic acid groups (broad SMARTS) is 1. The van der Waals surface area contributed by atoms with Gasteiger partial charge in [0.1, 0.15) is 48.8 Å². The summed E-state index contributed by atoms with van der Waals surface area (Å²) in [5, 5.41) is 98.6. The van der Waals surface area contributed by atoms with Gasteiger partial charge in [0.25, 0.3) is 0 Å². The zero-order valence-electron chi connectivity index (χ0n) is 24.5. The van der Waals surface area contributed by atoms with E-state index in [4.69, 9.17) is 24.1 Å². The maximum atomic E-state index is 10.7. The van der Waals surface area contributed by atoms with Gasteiger partial charge in [-0.05, 0) is 12.8 Å². The van der Waals surface area contributed by atoms with Crippen LogP contribution in [0.4, 0.5) is 0 Å². The van der Waals surface area contributed by atoms with Gasteiger partial charge in [0.15, 0.2) is 18.7 Å². The second-order valence-electron chi connectivity index (χ2n) is 11.5. The number of aliphatic hydroxyl groups excluding tert-OH is 9. The molecule has 2 aliphatic heterocycles. The Kier molecular flexibility index (Phi) is 17.9. The fraction of sp³-hybridized carbons (Fsp3) is 0.964. The predicted octanol–water partition coefficient (Wildman–Crippen LogP) is -1.89. The average Bonchev–Trinajstić information content (AvgIpc) is 2.99. The van der Waals surface area contributed by atoms with Crippen molar-refractivity contribution in [1.29, 1.82) is 0 Å². The van der Waals surface area contributed by atoms with Crippen LogP contribution in [0.2, 0.25) is 0 Å². The van der Waals surface area contributed by atoms with Gasteiger partial charge in [0.05, 0.1) is 25.9 Å². The molecule has 0 radical (unpaired) electrons. The fourth-order valence-corrected chi connectivity index (χ4v) is 5.24. The first-order chi connectivity index (χ1) is 20.5. The van der Waals surface area contributed by atoms with E-state index in [2.05, 4.69) is 0 Å². The van der Waals surface area contributed by atoms with Gasteiger partial charge in [-0.25, -0.2) is 4.79 Å². The molecule has 15 nitrogen and oxygen atoms in total. The van der Waals surface area contributed by atoms with E-state index in [1.165, 1.54) is 0 Å². The summed E-state index contributed by atoms with van der Waals surface area (Å²) in [7, 11) is 0. The van der Waals surface area contributed by atoms with Crippen LogP contribution in [0.1, 0.15) is 77.0 Å². The number of hydrogen-bond acceptors (Lipinski definition) is 14. The molecule has 15 heteroatoms. The second kappa shape index (κ2) is 20.2. The van der Waals surface area contributed by atoms with Gasteiger partial charge < -0.3 is 70.0 Å². The van der Waals surface area contributed by atoms with Crippen molar-refractivity contribution in [3.8, 4) is 0 Å². The molecular weight excluding hydrogens is 576 g/mol. The third-order valence-corrected chi connectivity index (χ3v) is 7.96. The zero-order chi connectivity index (χ0) is 31.9. The lowest BCUT2D eigenvalue weighted by Crippen LogP contribution is -2.64. The lowest BCUT2D eigenvalue weighted by Gasteiger charge is -2.46. The molecule has 0 aromatic carbocycles. The summed E-state index contributed by atoms with van der Waals surface area (Å²) in [6.07, 6.45) is -7.05. The molecule has 0 spiro atoms. The molecule has 12 atom stereocenters. The standard InChI is InChI=1S/C28H52O15/c29-13-18-20(33)21(34)23(36)28(41-18)43-25-19(14-30)42-27(24(37)22(25)35)40-15-16(31)11-9-7-5-3-1-2-4-6-8-10-12-17(32)26(38)39/h16-25,27-37H,1-15H2,(H,38,39)/t16-,17+,18+,19+,20+,21-,22+,23+,24+,25+,27+,28-/m0/s1. The fourth-order valence-electron chi connectivity index (χ4n) is 5.24. The van der Waals surface area contributed by atoms with Crippen LogP contribution in [0.5, 0.6) is 0 Å². The van der Waals surface area contributed by atoms with Gasteiger partial charge in [-0.3, -0.25) is 0 Å². The first-order valence-electron chi connectivity index (χ1n) is 15.3. The summed E-state index contributed by atoms with van der Waals surface area (Å²) < 4.78 is 21.8. The van der Waals surface area contributed by atoms with Crippen LogP contribution in [0.15, 0.2) is 0 Å². The SMILES string of the molecule is O=C(O)[C@H](O)CCCCCCCCCCCC[C@H](O)CO[C@@H]1O[C@H](CO)[C@@H](O[C@@H]2O[C@H](CO)[C@@H](O)[C@H](O)[C@H]2O)[C@H](O)[C@H]1O. The second-order valence-corrected chi connectivity index (χ2v) is 11.5. The number of rotatable bonds is 21. The van der Waals surface area contributed by atoms with Crippen LogP contribution in [-0.4, -0.2) is 150 Å². The highest BCUT2D eigenvalue weighted by atomic mass is 16.7. The molecule has 43 heavy (non-hydrogen) atoms. The lowest BCUT2D eigenvalue weighted by molar-refractivity contribution is -0.360. The summed E-state index contributed by atoms with van der Waals surface area (Å²) in [4.78, 5) is 10.6. The predicted molar refractivity (Wildman–Crippen MR) is 147 cm³/mol. The highest BCUT2D eigenvalue weighted by Gasteiger charge is 2.50. The molecule has 2 fully saturated rings. The van der Waals surface area contributed by atoms with Gasteiger partial charge in [-0.1, -0.05) is 64.2 Å². The smallest absolute Gasteiger partial charge is 0.332 e. The van der Waals surface area contributed by atoms with Crippen molar-refractivity contribution >= 4 is 5.97 Å². The summed E-state index contributed by atoms with van der Waals surface area (Å²) in [6.45, 7) is -1.55. The number of ether oxygens (including phenoxy) is 4. The van der Waals surface area contributed by atoms with Crippen molar-refractivity contribution < 1.29 is 74.8 Å². The minimum atomic E-state index is -1.75. The van der Waals surface area contributed by atoms with E-state index in [0.29, 0.717) is 12.8 Å². The van der Waals surface area contributed by atoms with Crippen molar-refractivity contribution in [3.05, 3.63) is 0 Å². The van der Waals surface area contributed by atoms with E-state index in [1.807, 2.05) is 0 Å². The van der Waals surface area contributed by atoms with Gasteiger partial charge in [-0.15, -0.1) is 0 Å². The maximum Gasteiger partial charge on any atom is 0.332 e. The monoisotopic (exact) mass is 628 g/mol. The van der Waals surface area contributed by atoms with Crippen molar-refractivity contribution in [2.45, 2.75) is 151 Å². The van der Waals surface area contributed by atoms with Gasteiger partial charge in [0, 0.05) is 0 Å². The molecule has 0 aromatic heterocycles. The Bertz CT molecular complexity index is 756. The van der Waals surface area contributed by atoms with Crippen LogP contribution in [-0.2, 0) is 23.7 Å². The van der Waals surface area contributed by atoms with Crippen LogP contribution >= 0.6 is 0 Å². The molecule has 2 aliphatic rings. The van der Waals surface area contributed by atoms with E-state index in [9.17, 15) is 50.8 Å². The van der Waals surface area contributed by atoms with Crippen molar-refractivity contribution in [2.75, 3.05) is 19.8 Å². The number of carbonyl (C=O) groups is 1. The van der Waals surface area contributed by atoms with E-state index in [1.54, 1.807) is 0 Å². The quantitative estimate of drug-likeness (QED) is 0.0624. The van der Waals surface area contributed by atoms with Crippen molar-refractivity contribution in [2.24, 2.45) is 0 Å². The molecule has 0 aliphatic carbocycles. The highest BCUT2D eigenvalue weighted by molar-refractivity contribution is 5.71. The Morgan fingerprint density at radius 3 is 1.65 bits per heavy atom. The molecule has 10 N–H and O–H groups in total. The zero-order valence-corrected chi connectivity index (χ0v) is 24.5. The van der Waals surface area contributed by atoms with Crippen molar-refractivity contribution in [3.63, 3.8) is 0 Å². The molecule has 0 bridgehead atoms. The first kappa shape index (κ1) is 38.1. The van der Waals surface area contributed by atoms with Crippen molar-refractivity contribution in [1.82, 2.24) is 0 Å². The molecule has 0 unspecified atom stereocenters. The Morgan fingerprint density at radius 1 is 0.628 bits per heavy atom. The summed E-state index contributed by atoms with van der Waals surface area (Å²) >= 11 is 0. The number of aliphatic hydroxyl groups is 9. The average molecular weight is 629 g/mol. The van der Waals surface area contributed by atoms with Gasteiger partial charge in [0.2, 0.25) is 0 Å². The molecule has 0 aromatic rings. The minimum Gasteiger partial charge on any atom is -0.479 e. The summed E-state index contributed by atoms with van der Waals surface area (Å²) in [5.41, 5.74) is 0. The Labute approximate surface area is 251 Å². The molecular formula is C28H52O15. The van der Waals surface area contributed by atoms with E-state index in [-0.39, 0.29) is 13.0 Å². The van der Waals surface area contributed by atoms with Gasteiger partial charge in [-0.2, -0.15) is 0 Å². The Balaban J connectivity index is 1.61. The molecule has 254 valence electrons. The van der Waals surface area contributed by atoms with E-state index >= 15 is 0 Å². The topological polar surface area (TPSA) is 256 Å². The first-order valence-corrected chi connectivity index (χ1v) is 15.3. The largest absolute Gasteiger partial charge is 0.479 e. The number of carboxylic acids is 1. The minimum absolute atomic E-state index is 0.186. The summed E-state index contributed by atoms with van der Waals surface area (Å²) in [5.74, 6) is -1.17. The maximum absolute atomic E-state index is 10.7. The van der Waals surface area contributed by atoms with E-state index < -0.39 is 92.8 Å². The van der Waals surface area contributed by atoms with Crippen LogP contribution in [0.25, 0.3) is 0 Å². The number of unbranched alkanes of at least 4 members (excludes halogenated alkanes) is 9. The molecule has 2 rings (SSSR count).